The molecule has 1 aliphatic heterocycles. The number of hydrogen-bond donors (Lipinski definition) is 2. The zero-order valence-corrected chi connectivity index (χ0v) is 21.3. The number of nitrogens with one attached hydrogen (secondary N) is 1. The number of para-hydroxylation sites is 2. The summed E-state index contributed by atoms with van der Waals surface area (Å²) in [6, 6.07) is 36.5. The summed E-state index contributed by atoms with van der Waals surface area (Å²) in [5.41, 5.74) is 3.75. The Morgan fingerprint density at radius 2 is 1.25 bits per heavy atom. The second-order valence-electron chi connectivity index (χ2n) is 8.57. The molecular weight excluding hydrogens is 446 g/mol. The van der Waals surface area contributed by atoms with Crippen LogP contribution in [0, 0.1) is 6.92 Å². The molecule has 4 nitrogen and oxygen atoms in total. The van der Waals surface area contributed by atoms with Crippen LogP contribution in [0.2, 0.25) is 0 Å². The number of aryl methyl sites for hydroxylation is 2. The van der Waals surface area contributed by atoms with Crippen molar-refractivity contribution in [1.82, 2.24) is 5.32 Å². The van der Waals surface area contributed by atoms with Gasteiger partial charge in [-0.2, -0.15) is 0 Å². The number of ether oxygens (including phenoxy) is 1. The summed E-state index contributed by atoms with van der Waals surface area (Å²) in [5, 5.41) is 9.91. The van der Waals surface area contributed by atoms with Crippen molar-refractivity contribution in [2.45, 2.75) is 31.6 Å². The molecule has 1 aliphatic rings. The molecule has 1 amide bonds. The summed E-state index contributed by atoms with van der Waals surface area (Å²) in [4.78, 5) is 13.3. The molecule has 0 radical (unpaired) electrons. The molecule has 0 bridgehead atoms. The minimum Gasteiger partial charge on any atom is -0.457 e. The van der Waals surface area contributed by atoms with Crippen LogP contribution in [-0.4, -0.2) is 25.2 Å². The zero-order chi connectivity index (χ0) is 25.8. The first-order valence-electron chi connectivity index (χ1n) is 12.2. The van der Waals surface area contributed by atoms with Crippen LogP contribution in [0.25, 0.3) is 0 Å². The largest absolute Gasteiger partial charge is 0.457 e. The summed E-state index contributed by atoms with van der Waals surface area (Å²) in [5.74, 6) is 1.54. The molecule has 0 atom stereocenters. The standard InChI is InChI=1S/C24H23NO2.C7H8.CH4O.H2/c1-25-23(26)24(17-9-12-18-10-3-2-4-11-18)19-13-5-7-15-21(19)27-22-16-8-6-14-20(22)24;1-7-5-3-2-4-6-7;1-2;/h2-8,10-11,13-16H,9,12,17H2,1H3,(H,25,26);2-6H,1H3;2H,1H3;1H. The van der Waals surface area contributed by atoms with Crippen molar-refractivity contribution < 1.29 is 16.1 Å². The first-order chi connectivity index (χ1) is 17.6. The van der Waals surface area contributed by atoms with E-state index in [0.29, 0.717) is 0 Å². The number of carbonyl (C=O) groups excluding carboxylic acids is 1. The highest BCUT2D eigenvalue weighted by molar-refractivity contribution is 5.94. The van der Waals surface area contributed by atoms with E-state index < -0.39 is 5.41 Å². The van der Waals surface area contributed by atoms with Crippen molar-refractivity contribution in [3.8, 4) is 11.5 Å². The number of benzene rings is 4. The quantitative estimate of drug-likeness (QED) is 0.332. The molecule has 0 spiro atoms. The minimum absolute atomic E-state index is 0. The Bertz CT molecular complexity index is 1180. The Morgan fingerprint density at radius 1 is 0.778 bits per heavy atom. The smallest absolute Gasteiger partial charge is 0.235 e. The summed E-state index contributed by atoms with van der Waals surface area (Å²) >= 11 is 0. The first kappa shape index (κ1) is 26.7. The highest BCUT2D eigenvalue weighted by Gasteiger charge is 2.47. The van der Waals surface area contributed by atoms with Crippen molar-refractivity contribution in [1.29, 1.82) is 0 Å². The number of likely N-dealkylation sites (N-methyl/N-ethyl adjacent to an activating group) is 1. The number of rotatable bonds is 5. The molecular formula is C32H37NO3. The van der Waals surface area contributed by atoms with Crippen LogP contribution in [0.15, 0.2) is 109 Å². The number of fused-ring (bicyclic) bond motifs is 2. The number of aliphatic hydroxyl groups is 1. The Kier molecular flexibility index (Phi) is 9.84. The van der Waals surface area contributed by atoms with Crippen molar-refractivity contribution in [2.24, 2.45) is 0 Å². The van der Waals surface area contributed by atoms with Crippen molar-refractivity contribution in [3.05, 3.63) is 131 Å². The van der Waals surface area contributed by atoms with Gasteiger partial charge in [-0.05, 0) is 43.9 Å². The predicted octanol–water partition coefficient (Wildman–Crippen LogP) is 6.70. The first-order valence-corrected chi connectivity index (χ1v) is 12.2. The van der Waals surface area contributed by atoms with E-state index in [4.69, 9.17) is 9.84 Å². The molecule has 4 aromatic rings. The maximum Gasteiger partial charge on any atom is 0.235 e. The summed E-state index contributed by atoms with van der Waals surface area (Å²) in [7, 11) is 2.71. The van der Waals surface area contributed by atoms with Gasteiger partial charge < -0.3 is 15.2 Å². The van der Waals surface area contributed by atoms with Crippen LogP contribution in [0.3, 0.4) is 0 Å². The van der Waals surface area contributed by atoms with Gasteiger partial charge in [0.15, 0.2) is 0 Å². The van der Waals surface area contributed by atoms with Gasteiger partial charge in [0.05, 0.1) is 0 Å². The average Bonchev–Trinajstić information content (AvgIpc) is 2.94. The van der Waals surface area contributed by atoms with E-state index >= 15 is 0 Å². The molecule has 4 heteroatoms. The number of aliphatic hydroxyl groups excluding tert-OH is 1. The lowest BCUT2D eigenvalue weighted by molar-refractivity contribution is -0.125. The Morgan fingerprint density at radius 3 is 1.72 bits per heavy atom. The van der Waals surface area contributed by atoms with Gasteiger partial charge in [0.2, 0.25) is 5.91 Å². The molecule has 0 saturated carbocycles. The third kappa shape index (κ3) is 6.02. The molecule has 1 heterocycles. The molecule has 4 aromatic carbocycles. The molecule has 0 fully saturated rings. The van der Waals surface area contributed by atoms with Gasteiger partial charge in [0, 0.05) is 26.7 Å². The van der Waals surface area contributed by atoms with Gasteiger partial charge in [0.25, 0.3) is 0 Å². The fourth-order valence-electron chi connectivity index (χ4n) is 4.66. The van der Waals surface area contributed by atoms with Gasteiger partial charge in [-0.15, -0.1) is 0 Å². The molecule has 0 aromatic heterocycles. The molecule has 2 N–H and O–H groups in total. The second kappa shape index (κ2) is 13.3. The highest BCUT2D eigenvalue weighted by atomic mass is 16.5. The van der Waals surface area contributed by atoms with E-state index in [1.807, 2.05) is 72.8 Å². The minimum atomic E-state index is -0.741. The molecule has 5 rings (SSSR count). The molecule has 36 heavy (non-hydrogen) atoms. The number of amides is 1. The van der Waals surface area contributed by atoms with E-state index in [-0.39, 0.29) is 7.33 Å². The zero-order valence-electron chi connectivity index (χ0n) is 21.3. The lowest BCUT2D eigenvalue weighted by Crippen LogP contribution is -2.45. The van der Waals surface area contributed by atoms with Crippen LogP contribution in [0.1, 0.15) is 36.5 Å². The Labute approximate surface area is 216 Å². The third-order valence-electron chi connectivity index (χ3n) is 6.33. The SMILES string of the molecule is CNC(=O)C1(CCCc2ccccc2)c2ccccc2Oc2ccccc21.CO.Cc1ccccc1.[HH]. The Balaban J connectivity index is 0.000000413. The van der Waals surface area contributed by atoms with Gasteiger partial charge in [-0.1, -0.05) is 103 Å². The fourth-order valence-corrected chi connectivity index (χ4v) is 4.66. The molecule has 0 aliphatic carbocycles. The van der Waals surface area contributed by atoms with Crippen LogP contribution in [-0.2, 0) is 16.6 Å². The van der Waals surface area contributed by atoms with Crippen LogP contribution >= 0.6 is 0 Å². The third-order valence-corrected chi connectivity index (χ3v) is 6.33. The highest BCUT2D eigenvalue weighted by Crippen LogP contribution is 2.50. The lowest BCUT2D eigenvalue weighted by atomic mass is 9.68. The number of carbonyl (C=O) groups is 1. The van der Waals surface area contributed by atoms with Gasteiger partial charge >= 0.3 is 0 Å². The fraction of sp³-hybridized carbons (Fsp3) is 0.219. The molecule has 0 unspecified atom stereocenters. The maximum atomic E-state index is 13.3. The summed E-state index contributed by atoms with van der Waals surface area (Å²) < 4.78 is 6.11. The van der Waals surface area contributed by atoms with Gasteiger partial charge in [-0.25, -0.2) is 0 Å². The summed E-state index contributed by atoms with van der Waals surface area (Å²) in [6.45, 7) is 2.08. The monoisotopic (exact) mass is 483 g/mol. The Hall–Kier alpha value is -3.89. The summed E-state index contributed by atoms with van der Waals surface area (Å²) in [6.07, 6.45) is 2.56. The van der Waals surface area contributed by atoms with E-state index in [2.05, 4.69) is 48.6 Å². The number of hydrogen-bond acceptors (Lipinski definition) is 3. The average molecular weight is 484 g/mol. The van der Waals surface area contributed by atoms with E-state index in [0.717, 1.165) is 49.0 Å². The lowest BCUT2D eigenvalue weighted by Gasteiger charge is -2.38. The van der Waals surface area contributed by atoms with Crippen molar-refractivity contribution in [2.75, 3.05) is 14.2 Å². The van der Waals surface area contributed by atoms with E-state index in [1.54, 1.807) is 7.05 Å². The second-order valence-corrected chi connectivity index (χ2v) is 8.57. The van der Waals surface area contributed by atoms with Gasteiger partial charge in [-0.3, -0.25) is 4.79 Å². The molecule has 188 valence electrons. The van der Waals surface area contributed by atoms with E-state index in [1.165, 1.54) is 11.1 Å². The maximum absolute atomic E-state index is 13.3. The van der Waals surface area contributed by atoms with Crippen molar-refractivity contribution in [3.63, 3.8) is 0 Å². The van der Waals surface area contributed by atoms with Crippen LogP contribution in [0.5, 0.6) is 11.5 Å². The molecule has 0 saturated heterocycles. The van der Waals surface area contributed by atoms with Crippen LogP contribution in [0.4, 0.5) is 0 Å². The van der Waals surface area contributed by atoms with Gasteiger partial charge in [0.1, 0.15) is 16.9 Å². The topological polar surface area (TPSA) is 58.6 Å². The van der Waals surface area contributed by atoms with E-state index in [9.17, 15) is 4.79 Å². The predicted molar refractivity (Wildman–Crippen MR) is 149 cm³/mol. The van der Waals surface area contributed by atoms with Crippen LogP contribution < -0.4 is 10.1 Å². The van der Waals surface area contributed by atoms with Crippen molar-refractivity contribution >= 4 is 5.91 Å². The normalized spacial score (nSPS) is 12.2.